The number of fused-ring (bicyclic) bond motifs is 1. The lowest BCUT2D eigenvalue weighted by atomic mass is 10.1. The van der Waals surface area contributed by atoms with Crippen LogP contribution >= 0.6 is 11.8 Å². The highest BCUT2D eigenvalue weighted by Crippen LogP contribution is 2.29. The number of nitrogens with zero attached hydrogens (tertiary/aromatic N) is 4. The van der Waals surface area contributed by atoms with Crippen LogP contribution in [-0.4, -0.2) is 49.2 Å². The van der Waals surface area contributed by atoms with Crippen LogP contribution in [0.3, 0.4) is 0 Å². The number of hydrogen-bond acceptors (Lipinski definition) is 7. The zero-order valence-corrected chi connectivity index (χ0v) is 16.2. The molecule has 8 heteroatoms. The molecule has 26 heavy (non-hydrogen) atoms. The average Bonchev–Trinajstić information content (AvgIpc) is 2.71. The first-order valence-electron chi connectivity index (χ1n) is 7.96. The molecule has 0 spiro atoms. The quantitative estimate of drug-likeness (QED) is 0.549. The van der Waals surface area contributed by atoms with E-state index in [2.05, 4.69) is 20.4 Å². The zero-order chi connectivity index (χ0) is 18.7. The van der Waals surface area contributed by atoms with Gasteiger partial charge in [0, 0.05) is 37.3 Å². The van der Waals surface area contributed by atoms with Crippen LogP contribution in [0.25, 0.3) is 22.2 Å². The fraction of sp³-hybridized carbons (Fsp3) is 0.278. The summed E-state index contributed by atoms with van der Waals surface area (Å²) in [6, 6.07) is 7.78. The van der Waals surface area contributed by atoms with E-state index in [4.69, 9.17) is 9.47 Å². The number of aromatic nitrogens is 3. The zero-order valence-electron chi connectivity index (χ0n) is 15.4. The summed E-state index contributed by atoms with van der Waals surface area (Å²) in [5.74, 6) is 1.43. The number of benzene rings is 1. The first-order chi connectivity index (χ1) is 12.6. The Morgan fingerprint density at radius 1 is 1.12 bits per heavy atom. The molecule has 0 aliphatic rings. The number of ether oxygens (including phenoxy) is 2. The van der Waals surface area contributed by atoms with Crippen LogP contribution < -0.4 is 20.4 Å². The number of methoxy groups -OCH3 is 2. The van der Waals surface area contributed by atoms with E-state index >= 15 is 0 Å². The van der Waals surface area contributed by atoms with Crippen molar-refractivity contribution in [2.75, 3.05) is 40.0 Å². The van der Waals surface area contributed by atoms with E-state index in [-0.39, 0.29) is 0 Å². The van der Waals surface area contributed by atoms with Crippen LogP contribution in [0.1, 0.15) is 0 Å². The molecule has 136 valence electrons. The number of hydrogen-bond donors (Lipinski definition) is 1. The number of pyridine rings is 1. The van der Waals surface area contributed by atoms with Crippen LogP contribution in [0.5, 0.6) is 11.5 Å². The van der Waals surface area contributed by atoms with Crippen LogP contribution in [0.4, 0.5) is 0 Å². The van der Waals surface area contributed by atoms with E-state index in [1.54, 1.807) is 21.3 Å². The molecule has 0 bridgehead atoms. The van der Waals surface area contributed by atoms with Crippen LogP contribution in [0.15, 0.2) is 40.6 Å². The van der Waals surface area contributed by atoms with E-state index in [9.17, 15) is 0 Å². The van der Waals surface area contributed by atoms with Gasteiger partial charge >= 0.3 is 0 Å². The molecule has 3 rings (SSSR count). The minimum absolute atomic E-state index is 0.708. The van der Waals surface area contributed by atoms with Gasteiger partial charge in [0.1, 0.15) is 11.5 Å². The second kappa shape index (κ2) is 7.65. The second-order valence-electron chi connectivity index (χ2n) is 5.40. The van der Waals surface area contributed by atoms with Gasteiger partial charge in [-0.05, 0) is 30.0 Å². The summed E-state index contributed by atoms with van der Waals surface area (Å²) in [6.07, 6.45) is 3.77. The van der Waals surface area contributed by atoms with Gasteiger partial charge in [0.25, 0.3) is 0 Å². The van der Waals surface area contributed by atoms with Crippen molar-refractivity contribution in [1.82, 2.24) is 14.6 Å². The third-order valence-corrected chi connectivity index (χ3v) is 4.58. The largest absolute Gasteiger partial charge is 0.497 e. The van der Waals surface area contributed by atoms with Crippen molar-refractivity contribution >= 4 is 22.8 Å². The van der Waals surface area contributed by atoms with E-state index in [1.807, 2.05) is 48.4 Å². The Bertz CT molecular complexity index is 994. The molecule has 0 saturated carbocycles. The van der Waals surface area contributed by atoms with Crippen molar-refractivity contribution < 1.29 is 9.47 Å². The molecule has 2 aromatic heterocycles. The lowest BCUT2D eigenvalue weighted by Crippen LogP contribution is -2.30. The summed E-state index contributed by atoms with van der Waals surface area (Å²) < 4.78 is 12.7. The summed E-state index contributed by atoms with van der Waals surface area (Å²) in [6.45, 7) is 0. The maximum Gasteiger partial charge on any atom is 0.189 e. The Morgan fingerprint density at radius 3 is 2.35 bits per heavy atom. The molecule has 1 aromatic carbocycles. The van der Waals surface area contributed by atoms with E-state index < -0.39 is 0 Å². The third kappa shape index (κ3) is 3.20. The van der Waals surface area contributed by atoms with Gasteiger partial charge in [-0.15, -0.1) is 0 Å². The number of nitrogens with one attached hydrogen (secondary N) is 1. The van der Waals surface area contributed by atoms with Gasteiger partial charge in [-0.2, -0.15) is 0 Å². The summed E-state index contributed by atoms with van der Waals surface area (Å²) in [4.78, 5) is 13.5. The molecule has 0 radical (unpaired) electrons. The Balaban J connectivity index is 2.37. The summed E-state index contributed by atoms with van der Waals surface area (Å²) in [5.41, 5.74) is 6.54. The first-order valence-corrected chi connectivity index (χ1v) is 9.18. The lowest BCUT2D eigenvalue weighted by Gasteiger charge is -2.15. The molecule has 2 heterocycles. The molecular formula is C18H21N5O2S. The van der Waals surface area contributed by atoms with Gasteiger partial charge in [0.2, 0.25) is 0 Å². The topological polar surface area (TPSA) is 73.6 Å². The maximum atomic E-state index is 5.41. The minimum atomic E-state index is 0.708. The Labute approximate surface area is 156 Å². The van der Waals surface area contributed by atoms with Crippen LogP contribution in [0, 0.1) is 0 Å². The summed E-state index contributed by atoms with van der Waals surface area (Å²) >= 11 is 1.50. The van der Waals surface area contributed by atoms with Gasteiger partial charge in [0.05, 0.1) is 14.2 Å². The predicted molar refractivity (Wildman–Crippen MR) is 105 cm³/mol. The Morgan fingerprint density at radius 2 is 1.81 bits per heavy atom. The highest BCUT2D eigenvalue weighted by molar-refractivity contribution is 7.98. The van der Waals surface area contributed by atoms with E-state index in [0.717, 1.165) is 27.6 Å². The van der Waals surface area contributed by atoms with Crippen molar-refractivity contribution in [3.8, 4) is 22.6 Å². The molecule has 0 atom stereocenters. The van der Waals surface area contributed by atoms with Gasteiger partial charge in [0.15, 0.2) is 16.3 Å². The van der Waals surface area contributed by atoms with Crippen molar-refractivity contribution in [3.05, 3.63) is 36.0 Å². The van der Waals surface area contributed by atoms with Crippen molar-refractivity contribution in [3.63, 3.8) is 0 Å². The number of rotatable bonds is 5. The Kier molecular flexibility index (Phi) is 5.32. The minimum Gasteiger partial charge on any atom is -0.497 e. The molecule has 0 saturated heterocycles. The van der Waals surface area contributed by atoms with Crippen LogP contribution in [-0.2, 0) is 0 Å². The predicted octanol–water partition coefficient (Wildman–Crippen LogP) is 2.54. The van der Waals surface area contributed by atoms with E-state index in [0.29, 0.717) is 16.7 Å². The van der Waals surface area contributed by atoms with Crippen molar-refractivity contribution in [1.29, 1.82) is 0 Å². The van der Waals surface area contributed by atoms with Crippen molar-refractivity contribution in [2.24, 2.45) is 4.99 Å². The maximum absolute atomic E-state index is 5.41. The van der Waals surface area contributed by atoms with Gasteiger partial charge in [-0.25, -0.2) is 14.6 Å². The molecule has 7 nitrogen and oxygen atoms in total. The molecule has 0 aliphatic heterocycles. The van der Waals surface area contributed by atoms with E-state index in [1.165, 1.54) is 11.8 Å². The lowest BCUT2D eigenvalue weighted by molar-refractivity contribution is 0.394. The monoisotopic (exact) mass is 371 g/mol. The highest BCUT2D eigenvalue weighted by atomic mass is 32.2. The van der Waals surface area contributed by atoms with Crippen molar-refractivity contribution in [2.45, 2.75) is 5.16 Å². The fourth-order valence-corrected chi connectivity index (χ4v) is 3.13. The van der Waals surface area contributed by atoms with Crippen LogP contribution in [0.2, 0.25) is 0 Å². The molecule has 0 aliphatic carbocycles. The normalized spacial score (nSPS) is 11.7. The van der Waals surface area contributed by atoms with Gasteiger partial charge in [-0.3, -0.25) is 4.99 Å². The smallest absolute Gasteiger partial charge is 0.189 e. The SMILES string of the molecule is CN=c1c(-c2cc(OC)cc(OC)c2)cc2cnc(SC)nc2n1NC. The molecule has 0 fully saturated rings. The fourth-order valence-electron chi connectivity index (χ4n) is 2.79. The third-order valence-electron chi connectivity index (χ3n) is 4.02. The molecular weight excluding hydrogens is 350 g/mol. The second-order valence-corrected chi connectivity index (χ2v) is 6.17. The first kappa shape index (κ1) is 18.1. The Hall–Kier alpha value is -2.74. The molecule has 0 unspecified atom stereocenters. The standard InChI is InChI=1S/C18H21N5O2S/c1-19-17-15(11-6-13(24-3)9-14(7-11)25-4)8-12-10-21-18(26-5)22-16(12)23(17)20-2/h6-10,20H,1-5H3. The molecule has 1 N–H and O–H groups in total. The highest BCUT2D eigenvalue weighted by Gasteiger charge is 2.13. The van der Waals surface area contributed by atoms with Gasteiger partial charge in [-0.1, -0.05) is 11.8 Å². The summed E-state index contributed by atoms with van der Waals surface area (Å²) in [5, 5.41) is 1.61. The van der Waals surface area contributed by atoms with Gasteiger partial charge < -0.3 is 14.9 Å². The average molecular weight is 371 g/mol. The molecule has 0 amide bonds. The molecule has 3 aromatic rings. The number of thioether (sulfide) groups is 1. The summed E-state index contributed by atoms with van der Waals surface area (Å²) in [7, 11) is 6.86.